The Morgan fingerprint density at radius 1 is 1.85 bits per heavy atom. The molecule has 1 heterocycles. The van der Waals surface area contributed by atoms with Gasteiger partial charge < -0.3 is 10.8 Å². The molecule has 13 heavy (non-hydrogen) atoms. The van der Waals surface area contributed by atoms with Crippen LogP contribution < -0.4 is 5.73 Å². The molecule has 5 heteroatoms. The van der Waals surface area contributed by atoms with Gasteiger partial charge >= 0.3 is 0 Å². The van der Waals surface area contributed by atoms with E-state index < -0.39 is 24.2 Å². The van der Waals surface area contributed by atoms with Crippen molar-refractivity contribution in [3.63, 3.8) is 0 Å². The summed E-state index contributed by atoms with van der Waals surface area (Å²) in [6, 6.07) is -0.454. The lowest BCUT2D eigenvalue weighted by molar-refractivity contribution is -0.122. The number of nitrogens with zero attached hydrogens (tertiary/aromatic N) is 1. The largest absolute Gasteiger partial charge is 0.393 e. The summed E-state index contributed by atoms with van der Waals surface area (Å²) >= 11 is 0. The zero-order chi connectivity index (χ0) is 10.1. The quantitative estimate of drug-likeness (QED) is 0.616. The van der Waals surface area contributed by atoms with Gasteiger partial charge in [0.25, 0.3) is 0 Å². The highest BCUT2D eigenvalue weighted by atomic mass is 19.1. The maximum absolute atomic E-state index is 13.5. The highest BCUT2D eigenvalue weighted by Gasteiger charge is 2.40. The molecule has 0 radical (unpaired) electrons. The van der Waals surface area contributed by atoms with Crippen LogP contribution in [0.3, 0.4) is 0 Å². The van der Waals surface area contributed by atoms with Gasteiger partial charge in [-0.25, -0.2) is 4.39 Å². The molecule has 1 saturated heterocycles. The monoisotopic (exact) mass is 190 g/mol. The Hall–Kier alpha value is -0.680. The minimum Gasteiger partial charge on any atom is -0.393 e. The fourth-order valence-electron chi connectivity index (χ4n) is 1.51. The first kappa shape index (κ1) is 10.4. The first-order valence-electron chi connectivity index (χ1n) is 4.32. The third kappa shape index (κ3) is 2.16. The number of aliphatic hydroxyl groups excluding tert-OH is 1. The zero-order valence-electron chi connectivity index (χ0n) is 7.66. The number of carbonyl (C=O) groups is 1. The maximum Gasteiger partial charge on any atom is 0.234 e. The van der Waals surface area contributed by atoms with E-state index in [2.05, 4.69) is 0 Å². The van der Waals surface area contributed by atoms with Crippen LogP contribution in [0.2, 0.25) is 0 Å². The number of likely N-dealkylation sites (tertiary alicyclic amines) is 1. The van der Waals surface area contributed by atoms with Crippen molar-refractivity contribution in [1.82, 2.24) is 4.90 Å². The van der Waals surface area contributed by atoms with Gasteiger partial charge in [0, 0.05) is 13.1 Å². The van der Waals surface area contributed by atoms with Crippen molar-refractivity contribution < 1.29 is 14.3 Å². The van der Waals surface area contributed by atoms with Crippen LogP contribution in [-0.4, -0.2) is 47.3 Å². The molecule has 3 N–H and O–H groups in total. The van der Waals surface area contributed by atoms with E-state index in [1.54, 1.807) is 11.8 Å². The number of alkyl halides is 1. The van der Waals surface area contributed by atoms with Crippen molar-refractivity contribution in [2.75, 3.05) is 19.7 Å². The molecule has 1 amide bonds. The van der Waals surface area contributed by atoms with E-state index in [0.29, 0.717) is 6.54 Å². The molecule has 0 aliphatic carbocycles. The molecule has 0 bridgehead atoms. The summed E-state index contributed by atoms with van der Waals surface area (Å²) in [5.41, 5.74) is 3.53. The smallest absolute Gasteiger partial charge is 0.234 e. The van der Waals surface area contributed by atoms with Crippen LogP contribution in [0.15, 0.2) is 0 Å². The Morgan fingerprint density at radius 3 is 2.85 bits per heavy atom. The number of amides is 1. The number of rotatable bonds is 3. The highest BCUT2D eigenvalue weighted by molar-refractivity contribution is 5.79. The van der Waals surface area contributed by atoms with Crippen molar-refractivity contribution in [2.45, 2.75) is 25.1 Å². The first-order valence-corrected chi connectivity index (χ1v) is 4.32. The standard InChI is InChI=1S/C8H15FN2O2/c1-6(7(10)13)11-3-2-8(9,4-11)5-12/h6,12H,2-5H2,1H3,(H2,10,13). The van der Waals surface area contributed by atoms with Gasteiger partial charge in [0.1, 0.15) is 5.67 Å². The molecule has 4 nitrogen and oxygen atoms in total. The van der Waals surface area contributed by atoms with Gasteiger partial charge in [-0.15, -0.1) is 0 Å². The van der Waals surface area contributed by atoms with Gasteiger partial charge in [0.05, 0.1) is 12.6 Å². The molecule has 0 aromatic heterocycles. The second kappa shape index (κ2) is 3.59. The maximum atomic E-state index is 13.5. The van der Waals surface area contributed by atoms with Crippen molar-refractivity contribution in [3.8, 4) is 0 Å². The lowest BCUT2D eigenvalue weighted by Crippen LogP contribution is -2.43. The van der Waals surface area contributed by atoms with Gasteiger partial charge in [0.2, 0.25) is 5.91 Å². The Bertz CT molecular complexity index is 212. The van der Waals surface area contributed by atoms with Crippen LogP contribution in [0.5, 0.6) is 0 Å². The fraction of sp³-hybridized carbons (Fsp3) is 0.875. The van der Waals surface area contributed by atoms with Gasteiger partial charge in [0.15, 0.2) is 0 Å². The molecule has 1 aliphatic heterocycles. The van der Waals surface area contributed by atoms with Crippen LogP contribution in [-0.2, 0) is 4.79 Å². The summed E-state index contributed by atoms with van der Waals surface area (Å²) < 4.78 is 13.5. The second-order valence-corrected chi connectivity index (χ2v) is 3.61. The number of primary amides is 1. The van der Waals surface area contributed by atoms with E-state index in [-0.39, 0.29) is 13.0 Å². The summed E-state index contributed by atoms with van der Waals surface area (Å²) in [4.78, 5) is 12.4. The van der Waals surface area contributed by atoms with Crippen molar-refractivity contribution >= 4 is 5.91 Å². The van der Waals surface area contributed by atoms with Crippen LogP contribution in [0.4, 0.5) is 4.39 Å². The molecule has 1 rings (SSSR count). The molecule has 0 aromatic rings. The number of hydrogen-bond donors (Lipinski definition) is 2. The number of aliphatic hydroxyl groups is 1. The van der Waals surface area contributed by atoms with Gasteiger partial charge in [-0.3, -0.25) is 9.69 Å². The number of nitrogens with two attached hydrogens (primary N) is 1. The lowest BCUT2D eigenvalue weighted by Gasteiger charge is -2.22. The summed E-state index contributed by atoms with van der Waals surface area (Å²) in [5.74, 6) is -0.456. The van der Waals surface area contributed by atoms with Crippen LogP contribution >= 0.6 is 0 Å². The van der Waals surface area contributed by atoms with Gasteiger partial charge in [-0.1, -0.05) is 0 Å². The number of carbonyl (C=O) groups excluding carboxylic acids is 1. The average molecular weight is 190 g/mol. The minimum atomic E-state index is -1.55. The molecular formula is C8H15FN2O2. The average Bonchev–Trinajstić information content (AvgIpc) is 2.47. The summed E-state index contributed by atoms with van der Waals surface area (Å²) in [5, 5.41) is 8.75. The molecule has 1 fully saturated rings. The molecule has 2 atom stereocenters. The van der Waals surface area contributed by atoms with Crippen LogP contribution in [0, 0.1) is 0 Å². The Labute approximate surface area is 76.5 Å². The minimum absolute atomic E-state index is 0.0909. The predicted octanol–water partition coefficient (Wildman–Crippen LogP) is -0.733. The lowest BCUT2D eigenvalue weighted by atomic mass is 10.1. The SMILES string of the molecule is CC(C(N)=O)N1CCC(F)(CO)C1. The Kier molecular flexibility index (Phi) is 2.87. The molecule has 2 unspecified atom stereocenters. The molecule has 0 spiro atoms. The van der Waals surface area contributed by atoms with E-state index in [0.717, 1.165) is 0 Å². The van der Waals surface area contributed by atoms with E-state index in [1.807, 2.05) is 0 Å². The molecule has 0 aromatic carbocycles. The van der Waals surface area contributed by atoms with Crippen LogP contribution in [0.1, 0.15) is 13.3 Å². The number of hydrogen-bond acceptors (Lipinski definition) is 3. The third-order valence-electron chi connectivity index (χ3n) is 2.58. The van der Waals surface area contributed by atoms with E-state index in [1.165, 1.54) is 0 Å². The number of halogens is 1. The Morgan fingerprint density at radius 2 is 2.46 bits per heavy atom. The Balaban J connectivity index is 2.54. The summed E-state index contributed by atoms with van der Waals surface area (Å²) in [6.07, 6.45) is 0.265. The van der Waals surface area contributed by atoms with Crippen LogP contribution in [0.25, 0.3) is 0 Å². The third-order valence-corrected chi connectivity index (χ3v) is 2.58. The van der Waals surface area contributed by atoms with E-state index >= 15 is 0 Å². The van der Waals surface area contributed by atoms with E-state index in [4.69, 9.17) is 10.8 Å². The van der Waals surface area contributed by atoms with Crippen molar-refractivity contribution in [2.24, 2.45) is 5.73 Å². The topological polar surface area (TPSA) is 66.6 Å². The summed E-state index contributed by atoms with van der Waals surface area (Å²) in [7, 11) is 0. The fourth-order valence-corrected chi connectivity index (χ4v) is 1.51. The van der Waals surface area contributed by atoms with Crippen molar-refractivity contribution in [1.29, 1.82) is 0 Å². The normalized spacial score (nSPS) is 31.9. The van der Waals surface area contributed by atoms with E-state index in [9.17, 15) is 9.18 Å². The van der Waals surface area contributed by atoms with Gasteiger partial charge in [-0.05, 0) is 13.3 Å². The molecular weight excluding hydrogens is 175 g/mol. The highest BCUT2D eigenvalue weighted by Crippen LogP contribution is 2.26. The molecule has 1 aliphatic rings. The van der Waals surface area contributed by atoms with Crippen molar-refractivity contribution in [3.05, 3.63) is 0 Å². The second-order valence-electron chi connectivity index (χ2n) is 3.61. The molecule has 0 saturated carbocycles. The summed E-state index contributed by atoms with van der Waals surface area (Å²) in [6.45, 7) is 1.72. The zero-order valence-corrected chi connectivity index (χ0v) is 7.66. The predicted molar refractivity (Wildman–Crippen MR) is 45.8 cm³/mol. The molecule has 76 valence electrons. The van der Waals surface area contributed by atoms with Gasteiger partial charge in [-0.2, -0.15) is 0 Å². The first-order chi connectivity index (χ1) is 5.98.